The first-order valence-electron chi connectivity index (χ1n) is 6.96. The molecule has 1 aromatic carbocycles. The van der Waals surface area contributed by atoms with Crippen molar-refractivity contribution < 1.29 is 5.11 Å². The fourth-order valence-electron chi connectivity index (χ4n) is 2.62. The monoisotopic (exact) mass is 336 g/mol. The molecule has 0 radical (unpaired) electrons. The first-order chi connectivity index (χ1) is 9.58. The van der Waals surface area contributed by atoms with E-state index in [4.69, 9.17) is 0 Å². The minimum atomic E-state index is 0.105. The number of aliphatic hydroxyl groups is 1. The predicted molar refractivity (Wildman–Crippen MR) is 85.0 cm³/mol. The van der Waals surface area contributed by atoms with Crippen molar-refractivity contribution in [1.29, 1.82) is 0 Å². The molecule has 108 valence electrons. The highest BCUT2D eigenvalue weighted by Gasteiger charge is 2.19. The molecule has 1 unspecified atom stereocenters. The van der Waals surface area contributed by atoms with Crippen LogP contribution in [-0.2, 0) is 13.0 Å². The highest BCUT2D eigenvalue weighted by atomic mass is 79.9. The van der Waals surface area contributed by atoms with Gasteiger partial charge in [-0.15, -0.1) is 0 Å². The lowest BCUT2D eigenvalue weighted by Gasteiger charge is -2.18. The van der Waals surface area contributed by atoms with Crippen molar-refractivity contribution in [3.8, 4) is 0 Å². The Kier molecular flexibility index (Phi) is 5.00. The number of benzene rings is 1. The molecule has 0 aliphatic rings. The first kappa shape index (κ1) is 15.3. The number of aromatic nitrogens is 2. The third kappa shape index (κ3) is 2.96. The number of halogens is 1. The summed E-state index contributed by atoms with van der Waals surface area (Å²) in [4.78, 5) is 0. The van der Waals surface area contributed by atoms with E-state index in [0.29, 0.717) is 0 Å². The summed E-state index contributed by atoms with van der Waals surface area (Å²) in [5.74, 6) is 0.105. The molecule has 0 aliphatic carbocycles. The van der Waals surface area contributed by atoms with Gasteiger partial charge in [0, 0.05) is 12.5 Å². The summed E-state index contributed by atoms with van der Waals surface area (Å²) in [5.41, 5.74) is 4.60. The summed E-state index contributed by atoms with van der Waals surface area (Å²) >= 11 is 3.63. The van der Waals surface area contributed by atoms with Crippen molar-refractivity contribution in [3.63, 3.8) is 0 Å². The largest absolute Gasteiger partial charge is 0.396 e. The van der Waals surface area contributed by atoms with Crippen LogP contribution in [0, 0.1) is 13.8 Å². The number of nitrogens with zero attached hydrogens (tertiary/aromatic N) is 2. The summed E-state index contributed by atoms with van der Waals surface area (Å²) in [5, 5.41) is 14.3. The molecule has 1 heterocycles. The van der Waals surface area contributed by atoms with Gasteiger partial charge >= 0.3 is 0 Å². The van der Waals surface area contributed by atoms with Gasteiger partial charge in [-0.1, -0.05) is 24.3 Å². The summed E-state index contributed by atoms with van der Waals surface area (Å²) in [6, 6.07) is 8.26. The lowest BCUT2D eigenvalue weighted by molar-refractivity contribution is 0.262. The second kappa shape index (κ2) is 6.55. The lowest BCUT2D eigenvalue weighted by atomic mass is 9.91. The van der Waals surface area contributed by atoms with Gasteiger partial charge in [0.15, 0.2) is 0 Å². The van der Waals surface area contributed by atoms with Crippen molar-refractivity contribution in [3.05, 3.63) is 51.3 Å². The molecule has 20 heavy (non-hydrogen) atoms. The summed E-state index contributed by atoms with van der Waals surface area (Å²) < 4.78 is 3.08. The number of hydrogen-bond donors (Lipinski definition) is 1. The Hall–Kier alpha value is -1.13. The average molecular weight is 337 g/mol. The minimum Gasteiger partial charge on any atom is -0.396 e. The lowest BCUT2D eigenvalue weighted by Crippen LogP contribution is -2.13. The molecule has 3 nitrogen and oxygen atoms in total. The molecule has 0 saturated carbocycles. The Bertz CT molecular complexity index is 592. The van der Waals surface area contributed by atoms with Crippen LogP contribution >= 0.6 is 15.9 Å². The zero-order valence-corrected chi connectivity index (χ0v) is 13.8. The van der Waals surface area contributed by atoms with E-state index in [1.165, 1.54) is 11.1 Å². The number of rotatable bonds is 5. The van der Waals surface area contributed by atoms with E-state index in [2.05, 4.69) is 47.0 Å². The third-order valence-electron chi connectivity index (χ3n) is 3.74. The van der Waals surface area contributed by atoms with Crippen LogP contribution in [0.5, 0.6) is 0 Å². The van der Waals surface area contributed by atoms with E-state index in [9.17, 15) is 5.11 Å². The molecule has 0 saturated heterocycles. The summed E-state index contributed by atoms with van der Waals surface area (Å²) in [7, 11) is 0. The van der Waals surface area contributed by atoms with Gasteiger partial charge in [0.1, 0.15) is 0 Å². The molecule has 0 aliphatic heterocycles. The smallest absolute Gasteiger partial charge is 0.0738 e. The molecule has 2 aromatic rings. The molecule has 1 N–H and O–H groups in total. The van der Waals surface area contributed by atoms with Crippen LogP contribution in [0.15, 0.2) is 28.7 Å². The van der Waals surface area contributed by atoms with E-state index in [0.717, 1.165) is 28.8 Å². The normalized spacial score (nSPS) is 12.7. The molecule has 2 rings (SSSR count). The standard InChI is InChI=1S/C16H21BrN2O/c1-4-19-15(16(17)12(3)18-19)9-13(10-20)14-8-6-5-7-11(14)2/h5-8,13,20H,4,9-10H2,1-3H3. The quantitative estimate of drug-likeness (QED) is 0.905. The van der Waals surface area contributed by atoms with E-state index in [1.54, 1.807) is 0 Å². The second-order valence-electron chi connectivity index (χ2n) is 5.10. The van der Waals surface area contributed by atoms with Gasteiger partial charge in [0.05, 0.1) is 22.5 Å². The highest BCUT2D eigenvalue weighted by molar-refractivity contribution is 9.10. The number of hydrogen-bond acceptors (Lipinski definition) is 2. The maximum Gasteiger partial charge on any atom is 0.0738 e. The Morgan fingerprint density at radius 3 is 2.60 bits per heavy atom. The number of aryl methyl sites for hydroxylation is 3. The van der Waals surface area contributed by atoms with Gasteiger partial charge in [0.2, 0.25) is 0 Å². The van der Waals surface area contributed by atoms with Gasteiger partial charge in [0.25, 0.3) is 0 Å². The third-order valence-corrected chi connectivity index (χ3v) is 4.77. The summed E-state index contributed by atoms with van der Waals surface area (Å²) in [6.07, 6.45) is 0.788. The van der Waals surface area contributed by atoms with Crippen molar-refractivity contribution in [2.75, 3.05) is 6.61 Å². The van der Waals surface area contributed by atoms with E-state index >= 15 is 0 Å². The van der Waals surface area contributed by atoms with Crippen LogP contribution in [0.3, 0.4) is 0 Å². The fraction of sp³-hybridized carbons (Fsp3) is 0.438. The van der Waals surface area contributed by atoms with Crippen molar-refractivity contribution >= 4 is 15.9 Å². The van der Waals surface area contributed by atoms with E-state index in [-0.39, 0.29) is 12.5 Å². The van der Waals surface area contributed by atoms with Crippen molar-refractivity contribution in [2.45, 2.75) is 39.7 Å². The molecule has 0 spiro atoms. The molecule has 1 atom stereocenters. The van der Waals surface area contributed by atoms with Crippen molar-refractivity contribution in [1.82, 2.24) is 9.78 Å². The average Bonchev–Trinajstić information content (AvgIpc) is 2.73. The second-order valence-corrected chi connectivity index (χ2v) is 5.90. The van der Waals surface area contributed by atoms with Crippen LogP contribution in [-0.4, -0.2) is 21.5 Å². The predicted octanol–water partition coefficient (Wildman–Crippen LogP) is 3.60. The van der Waals surface area contributed by atoms with Crippen LogP contribution in [0.25, 0.3) is 0 Å². The van der Waals surface area contributed by atoms with Gasteiger partial charge in [-0.25, -0.2) is 0 Å². The molecule has 1 aromatic heterocycles. The van der Waals surface area contributed by atoms with Gasteiger partial charge in [-0.2, -0.15) is 5.10 Å². The summed E-state index contributed by atoms with van der Waals surface area (Å²) in [6.45, 7) is 7.17. The van der Waals surface area contributed by atoms with E-state index < -0.39 is 0 Å². The highest BCUT2D eigenvalue weighted by Crippen LogP contribution is 2.29. The van der Waals surface area contributed by atoms with Gasteiger partial charge in [-0.05, 0) is 54.2 Å². The minimum absolute atomic E-state index is 0.105. The van der Waals surface area contributed by atoms with Crippen LogP contribution in [0.2, 0.25) is 0 Å². The maximum absolute atomic E-state index is 9.78. The molecular formula is C16H21BrN2O. The van der Waals surface area contributed by atoms with Gasteiger partial charge < -0.3 is 5.11 Å². The Balaban J connectivity index is 2.34. The molecule has 0 fully saturated rings. The molecule has 0 amide bonds. The van der Waals surface area contributed by atoms with Crippen molar-refractivity contribution in [2.24, 2.45) is 0 Å². The Morgan fingerprint density at radius 1 is 1.30 bits per heavy atom. The maximum atomic E-state index is 9.78. The fourth-order valence-corrected chi connectivity index (χ4v) is 3.06. The Labute approximate surface area is 128 Å². The molecule has 4 heteroatoms. The SMILES string of the molecule is CCn1nc(C)c(Br)c1CC(CO)c1ccccc1C. The van der Waals surface area contributed by atoms with Crippen LogP contribution < -0.4 is 0 Å². The van der Waals surface area contributed by atoms with Crippen LogP contribution in [0.4, 0.5) is 0 Å². The number of aliphatic hydroxyl groups excluding tert-OH is 1. The Morgan fingerprint density at radius 2 is 2.00 bits per heavy atom. The van der Waals surface area contributed by atoms with Gasteiger partial charge in [-0.3, -0.25) is 4.68 Å². The molecule has 0 bridgehead atoms. The van der Waals surface area contributed by atoms with Crippen LogP contribution in [0.1, 0.15) is 35.4 Å². The molecular weight excluding hydrogens is 316 g/mol. The zero-order valence-electron chi connectivity index (χ0n) is 12.2. The topological polar surface area (TPSA) is 38.0 Å². The zero-order chi connectivity index (χ0) is 14.7. The first-order valence-corrected chi connectivity index (χ1v) is 7.75. The van der Waals surface area contributed by atoms with E-state index in [1.807, 2.05) is 23.7 Å².